The molecule has 0 N–H and O–H groups in total. The third-order valence-corrected chi connectivity index (χ3v) is 3.82. The van der Waals surface area contributed by atoms with Crippen molar-refractivity contribution in [2.24, 2.45) is 5.16 Å². The SMILES string of the molecule is C#CCN(C(=O)OC)c1ccccc1CO/N=C(\C)c1ccc(C)cc1. The largest absolute Gasteiger partial charge is 0.452 e. The minimum Gasteiger partial charge on any atom is -0.452 e. The predicted octanol–water partition coefficient (Wildman–Crippen LogP) is 4.14. The molecule has 0 fully saturated rings. The molecule has 0 saturated carbocycles. The van der Waals surface area contributed by atoms with Crippen molar-refractivity contribution in [3.63, 3.8) is 0 Å². The fourth-order valence-electron chi connectivity index (χ4n) is 2.39. The summed E-state index contributed by atoms with van der Waals surface area (Å²) in [5.41, 5.74) is 4.38. The van der Waals surface area contributed by atoms with Gasteiger partial charge in [-0.1, -0.05) is 59.1 Å². The molecule has 2 aromatic rings. The Hall–Kier alpha value is -3.26. The van der Waals surface area contributed by atoms with Crippen LogP contribution in [0.3, 0.4) is 0 Å². The summed E-state index contributed by atoms with van der Waals surface area (Å²) in [7, 11) is 1.32. The number of amides is 1. The van der Waals surface area contributed by atoms with Crippen molar-refractivity contribution in [3.8, 4) is 12.3 Å². The van der Waals surface area contributed by atoms with Gasteiger partial charge in [0.05, 0.1) is 25.1 Å². The maximum absolute atomic E-state index is 12.0. The minimum absolute atomic E-state index is 0.106. The van der Waals surface area contributed by atoms with Crippen LogP contribution in [0.15, 0.2) is 53.7 Å². The summed E-state index contributed by atoms with van der Waals surface area (Å²) in [6.07, 6.45) is 4.85. The molecule has 1 amide bonds. The molecule has 2 aromatic carbocycles. The van der Waals surface area contributed by atoms with E-state index in [-0.39, 0.29) is 13.2 Å². The van der Waals surface area contributed by atoms with Crippen molar-refractivity contribution in [3.05, 3.63) is 65.2 Å². The van der Waals surface area contributed by atoms with Gasteiger partial charge in [0.15, 0.2) is 0 Å². The van der Waals surface area contributed by atoms with E-state index in [0.717, 1.165) is 16.8 Å². The Morgan fingerprint density at radius 2 is 1.88 bits per heavy atom. The second-order valence-electron chi connectivity index (χ2n) is 5.71. The highest BCUT2D eigenvalue weighted by molar-refractivity contribution is 5.98. The first-order valence-electron chi connectivity index (χ1n) is 8.17. The van der Waals surface area contributed by atoms with Crippen LogP contribution in [0.4, 0.5) is 10.5 Å². The van der Waals surface area contributed by atoms with E-state index < -0.39 is 6.09 Å². The fraction of sp³-hybridized carbons (Fsp3) is 0.238. The average molecular weight is 350 g/mol. The maximum Gasteiger partial charge on any atom is 0.414 e. The Balaban J connectivity index is 2.15. The summed E-state index contributed by atoms with van der Waals surface area (Å²) >= 11 is 0. The zero-order valence-electron chi connectivity index (χ0n) is 15.2. The Labute approximate surface area is 154 Å². The van der Waals surface area contributed by atoms with Crippen LogP contribution in [0.1, 0.15) is 23.6 Å². The molecule has 0 aliphatic heterocycles. The van der Waals surface area contributed by atoms with E-state index in [4.69, 9.17) is 16.0 Å². The van der Waals surface area contributed by atoms with E-state index in [1.807, 2.05) is 56.3 Å². The average Bonchev–Trinajstić information content (AvgIpc) is 2.66. The molecule has 0 saturated heterocycles. The van der Waals surface area contributed by atoms with E-state index in [2.05, 4.69) is 11.1 Å². The normalized spacial score (nSPS) is 10.8. The highest BCUT2D eigenvalue weighted by Crippen LogP contribution is 2.22. The van der Waals surface area contributed by atoms with Crippen LogP contribution in [-0.2, 0) is 16.2 Å². The number of hydrogen-bond donors (Lipinski definition) is 0. The highest BCUT2D eigenvalue weighted by Gasteiger charge is 2.18. The third kappa shape index (κ3) is 4.87. The molecule has 26 heavy (non-hydrogen) atoms. The number of benzene rings is 2. The summed E-state index contributed by atoms with van der Waals surface area (Å²) in [4.78, 5) is 18.9. The molecule has 0 unspecified atom stereocenters. The molecule has 0 aromatic heterocycles. The van der Waals surface area contributed by atoms with Crippen molar-refractivity contribution in [1.82, 2.24) is 0 Å². The van der Waals surface area contributed by atoms with E-state index in [0.29, 0.717) is 5.69 Å². The Kier molecular flexibility index (Phi) is 6.81. The lowest BCUT2D eigenvalue weighted by atomic mass is 10.1. The molecule has 0 spiro atoms. The number of nitrogens with zero attached hydrogens (tertiary/aromatic N) is 2. The summed E-state index contributed by atoms with van der Waals surface area (Å²) in [6, 6.07) is 15.4. The highest BCUT2D eigenvalue weighted by atomic mass is 16.6. The molecule has 0 aliphatic rings. The Morgan fingerprint density at radius 1 is 1.19 bits per heavy atom. The number of terminal acetylenes is 1. The quantitative estimate of drug-likeness (QED) is 0.447. The summed E-state index contributed by atoms with van der Waals surface area (Å²) in [5.74, 6) is 2.47. The van der Waals surface area contributed by atoms with Crippen LogP contribution >= 0.6 is 0 Å². The number of carbonyl (C=O) groups excluding carboxylic acids is 1. The molecule has 0 radical (unpaired) electrons. The number of anilines is 1. The predicted molar refractivity (Wildman–Crippen MR) is 103 cm³/mol. The summed E-state index contributed by atoms with van der Waals surface area (Å²) in [6.45, 7) is 4.23. The van der Waals surface area contributed by atoms with Gasteiger partial charge in [0, 0.05) is 5.56 Å². The van der Waals surface area contributed by atoms with E-state index in [1.165, 1.54) is 17.6 Å². The van der Waals surface area contributed by atoms with Gasteiger partial charge < -0.3 is 9.57 Å². The molecule has 0 heterocycles. The van der Waals surface area contributed by atoms with Gasteiger partial charge in [-0.05, 0) is 25.5 Å². The number of methoxy groups -OCH3 is 1. The van der Waals surface area contributed by atoms with E-state index in [1.54, 1.807) is 6.07 Å². The first-order chi connectivity index (χ1) is 12.6. The van der Waals surface area contributed by atoms with Crippen molar-refractivity contribution < 1.29 is 14.4 Å². The number of aryl methyl sites for hydroxylation is 1. The lowest BCUT2D eigenvalue weighted by Gasteiger charge is -2.21. The first-order valence-corrected chi connectivity index (χ1v) is 8.17. The molecule has 0 atom stereocenters. The van der Waals surface area contributed by atoms with E-state index >= 15 is 0 Å². The standard InChI is InChI=1S/C21H22N2O3/c1-5-14-23(21(24)25-4)20-9-7-6-8-19(20)15-26-22-17(3)18-12-10-16(2)11-13-18/h1,6-13H,14-15H2,2-4H3/b22-17+. The number of oxime groups is 1. The molecule has 2 rings (SSSR count). The number of ether oxygens (including phenoxy) is 1. The van der Waals surface area contributed by atoms with Gasteiger partial charge in [-0.25, -0.2) is 4.79 Å². The lowest BCUT2D eigenvalue weighted by Crippen LogP contribution is -2.31. The van der Waals surface area contributed by atoms with Crippen molar-refractivity contribution >= 4 is 17.5 Å². The molecule has 134 valence electrons. The number of rotatable bonds is 6. The molecule has 0 bridgehead atoms. The van der Waals surface area contributed by atoms with Crippen molar-refractivity contribution in [2.75, 3.05) is 18.6 Å². The fourth-order valence-corrected chi connectivity index (χ4v) is 2.39. The van der Waals surface area contributed by atoms with Crippen LogP contribution in [0.2, 0.25) is 0 Å². The third-order valence-electron chi connectivity index (χ3n) is 3.82. The monoisotopic (exact) mass is 350 g/mol. The van der Waals surface area contributed by atoms with Crippen LogP contribution in [0, 0.1) is 19.3 Å². The maximum atomic E-state index is 12.0. The van der Waals surface area contributed by atoms with Gasteiger partial charge in [0.2, 0.25) is 0 Å². The van der Waals surface area contributed by atoms with Crippen molar-refractivity contribution in [1.29, 1.82) is 0 Å². The zero-order valence-corrected chi connectivity index (χ0v) is 15.2. The zero-order chi connectivity index (χ0) is 18.9. The summed E-state index contributed by atoms with van der Waals surface area (Å²) in [5, 5.41) is 4.17. The second-order valence-corrected chi connectivity index (χ2v) is 5.71. The van der Waals surface area contributed by atoms with Crippen LogP contribution in [0.5, 0.6) is 0 Å². The van der Waals surface area contributed by atoms with Crippen molar-refractivity contribution in [2.45, 2.75) is 20.5 Å². The van der Waals surface area contributed by atoms with Gasteiger partial charge >= 0.3 is 6.09 Å². The van der Waals surface area contributed by atoms with E-state index in [9.17, 15) is 4.79 Å². The van der Waals surface area contributed by atoms with Gasteiger partial charge in [-0.3, -0.25) is 4.90 Å². The van der Waals surface area contributed by atoms with Crippen LogP contribution in [-0.4, -0.2) is 25.5 Å². The number of para-hydroxylation sites is 1. The molecular formula is C21H22N2O3. The topological polar surface area (TPSA) is 51.1 Å². The van der Waals surface area contributed by atoms with Gasteiger partial charge in [-0.15, -0.1) is 6.42 Å². The molecular weight excluding hydrogens is 328 g/mol. The molecule has 5 nitrogen and oxygen atoms in total. The smallest absolute Gasteiger partial charge is 0.414 e. The lowest BCUT2D eigenvalue weighted by molar-refractivity contribution is 0.130. The Morgan fingerprint density at radius 3 is 2.54 bits per heavy atom. The number of hydrogen-bond acceptors (Lipinski definition) is 4. The second kappa shape index (κ2) is 9.28. The first kappa shape index (κ1) is 19.1. The summed E-state index contributed by atoms with van der Waals surface area (Å²) < 4.78 is 4.81. The van der Waals surface area contributed by atoms with Crippen LogP contribution < -0.4 is 4.90 Å². The molecule has 0 aliphatic carbocycles. The van der Waals surface area contributed by atoms with Crippen LogP contribution in [0.25, 0.3) is 0 Å². The van der Waals surface area contributed by atoms with Gasteiger partial charge in [-0.2, -0.15) is 0 Å². The minimum atomic E-state index is -0.519. The van der Waals surface area contributed by atoms with Gasteiger partial charge in [0.1, 0.15) is 6.61 Å². The molecule has 5 heteroatoms. The van der Waals surface area contributed by atoms with Gasteiger partial charge in [0.25, 0.3) is 0 Å². The Bertz CT molecular complexity index is 820. The number of carbonyl (C=O) groups is 1.